The van der Waals surface area contributed by atoms with Crippen LogP contribution in [0.25, 0.3) is 11.1 Å². The number of benzene rings is 2. The van der Waals surface area contributed by atoms with E-state index in [4.69, 9.17) is 9.84 Å². The van der Waals surface area contributed by atoms with E-state index in [1.165, 1.54) is 0 Å². The van der Waals surface area contributed by atoms with Gasteiger partial charge in [0.2, 0.25) is 5.91 Å². The molecule has 0 saturated heterocycles. The number of carboxylic acid groups (broad SMARTS) is 1. The number of hydrogen-bond donors (Lipinski definition) is 2. The summed E-state index contributed by atoms with van der Waals surface area (Å²) in [5, 5.41) is 11.8. The third kappa shape index (κ3) is 6.21. The van der Waals surface area contributed by atoms with Crippen molar-refractivity contribution in [2.45, 2.75) is 65.0 Å². The van der Waals surface area contributed by atoms with Gasteiger partial charge in [-0.25, -0.2) is 4.79 Å². The Morgan fingerprint density at radius 1 is 1.00 bits per heavy atom. The van der Waals surface area contributed by atoms with Crippen LogP contribution in [0.4, 0.5) is 4.79 Å². The molecule has 7 heteroatoms. The zero-order chi connectivity index (χ0) is 25.5. The summed E-state index contributed by atoms with van der Waals surface area (Å²) >= 11 is 0. The molecule has 0 aliphatic heterocycles. The van der Waals surface area contributed by atoms with Gasteiger partial charge in [0.25, 0.3) is 0 Å². The number of fused-ring (bicyclic) bond motifs is 3. The number of aliphatic carboxylic acids is 1. The number of nitrogens with one attached hydrogen (secondary N) is 1. The lowest BCUT2D eigenvalue weighted by molar-refractivity contribution is -0.139. The van der Waals surface area contributed by atoms with Crippen molar-refractivity contribution in [2.24, 2.45) is 5.92 Å². The van der Waals surface area contributed by atoms with Crippen LogP contribution in [0.3, 0.4) is 0 Å². The fourth-order valence-corrected chi connectivity index (χ4v) is 4.65. The molecule has 0 bridgehead atoms. The van der Waals surface area contributed by atoms with Gasteiger partial charge in [0.1, 0.15) is 12.6 Å². The lowest BCUT2D eigenvalue weighted by Gasteiger charge is -2.33. The standard InChI is InChI=1S/C28H36N2O5/c1-5-19(4)26(27(33)30(18(2)3)16-10-15-25(31)32)29-28(34)35-17-24-22-13-8-6-11-20(22)21-12-7-9-14-23(21)24/h6-9,11-14,18-19,24,26H,5,10,15-17H2,1-4H3,(H,29,34)(H,31,32)/t19-,26-/m0/s1. The van der Waals surface area contributed by atoms with Crippen molar-refractivity contribution in [1.29, 1.82) is 0 Å². The van der Waals surface area contributed by atoms with Gasteiger partial charge in [-0.15, -0.1) is 0 Å². The normalized spacial score (nSPS) is 14.1. The summed E-state index contributed by atoms with van der Waals surface area (Å²) in [6.45, 7) is 8.16. The second-order valence-corrected chi connectivity index (χ2v) is 9.46. The fourth-order valence-electron chi connectivity index (χ4n) is 4.65. The molecule has 7 nitrogen and oxygen atoms in total. The molecule has 2 N–H and O–H groups in total. The molecule has 35 heavy (non-hydrogen) atoms. The molecule has 2 atom stereocenters. The number of hydrogen-bond acceptors (Lipinski definition) is 4. The first-order chi connectivity index (χ1) is 16.7. The smallest absolute Gasteiger partial charge is 0.407 e. The fraction of sp³-hybridized carbons (Fsp3) is 0.464. The number of nitrogens with zero attached hydrogens (tertiary/aromatic N) is 1. The third-order valence-electron chi connectivity index (χ3n) is 6.79. The Hall–Kier alpha value is -3.35. The Morgan fingerprint density at radius 3 is 2.09 bits per heavy atom. The molecule has 2 amide bonds. The minimum atomic E-state index is -0.892. The predicted octanol–water partition coefficient (Wildman–Crippen LogP) is 5.04. The maximum atomic E-state index is 13.4. The van der Waals surface area contributed by atoms with Gasteiger partial charge >= 0.3 is 12.1 Å². The summed E-state index contributed by atoms with van der Waals surface area (Å²) in [6, 6.07) is 15.4. The van der Waals surface area contributed by atoms with Crippen molar-refractivity contribution in [3.8, 4) is 11.1 Å². The minimum Gasteiger partial charge on any atom is -0.481 e. The number of alkyl carbamates (subject to hydrolysis) is 1. The van der Waals surface area contributed by atoms with Crippen molar-refractivity contribution in [3.63, 3.8) is 0 Å². The van der Waals surface area contributed by atoms with E-state index in [-0.39, 0.29) is 36.8 Å². The molecule has 0 radical (unpaired) electrons. The van der Waals surface area contributed by atoms with Crippen LogP contribution >= 0.6 is 0 Å². The molecular weight excluding hydrogens is 444 g/mol. The molecule has 3 rings (SSSR count). The van der Waals surface area contributed by atoms with Crippen LogP contribution in [-0.2, 0) is 14.3 Å². The number of ether oxygens (including phenoxy) is 1. The van der Waals surface area contributed by atoms with Gasteiger partial charge in [-0.1, -0.05) is 68.8 Å². The average molecular weight is 481 g/mol. The highest BCUT2D eigenvalue weighted by molar-refractivity contribution is 5.86. The van der Waals surface area contributed by atoms with Crippen LogP contribution in [-0.4, -0.2) is 53.2 Å². The highest BCUT2D eigenvalue weighted by Gasteiger charge is 2.33. The largest absolute Gasteiger partial charge is 0.481 e. The number of carboxylic acids is 1. The minimum absolute atomic E-state index is 0.00962. The average Bonchev–Trinajstić information content (AvgIpc) is 3.16. The molecule has 188 valence electrons. The molecule has 0 fully saturated rings. The summed E-state index contributed by atoms with van der Waals surface area (Å²) in [6.07, 6.45) is 0.419. The maximum absolute atomic E-state index is 13.4. The van der Waals surface area contributed by atoms with Crippen LogP contribution in [0.5, 0.6) is 0 Å². The first-order valence-electron chi connectivity index (χ1n) is 12.4. The lowest BCUT2D eigenvalue weighted by atomic mass is 9.97. The molecule has 0 saturated carbocycles. The molecule has 1 aliphatic rings. The Balaban J connectivity index is 1.69. The van der Waals surface area contributed by atoms with E-state index in [0.717, 1.165) is 22.3 Å². The second kappa shape index (κ2) is 11.9. The van der Waals surface area contributed by atoms with Gasteiger partial charge in [-0.3, -0.25) is 9.59 Å². The molecule has 0 spiro atoms. The van der Waals surface area contributed by atoms with Crippen LogP contribution < -0.4 is 5.32 Å². The lowest BCUT2D eigenvalue weighted by Crippen LogP contribution is -2.53. The van der Waals surface area contributed by atoms with Crippen LogP contribution in [0.2, 0.25) is 0 Å². The number of carbonyl (C=O) groups is 3. The topological polar surface area (TPSA) is 95.9 Å². The Bertz CT molecular complexity index is 1010. The van der Waals surface area contributed by atoms with Crippen LogP contribution in [0.15, 0.2) is 48.5 Å². The number of rotatable bonds is 11. The number of amides is 2. The SMILES string of the molecule is CC[C@H](C)[C@H](NC(=O)OCC1c2ccccc2-c2ccccc21)C(=O)N(CCCC(=O)O)C(C)C. The molecule has 2 aromatic carbocycles. The molecule has 0 aromatic heterocycles. The molecule has 1 aliphatic carbocycles. The van der Waals surface area contributed by atoms with Crippen molar-refractivity contribution < 1.29 is 24.2 Å². The van der Waals surface area contributed by atoms with Crippen molar-refractivity contribution in [2.75, 3.05) is 13.2 Å². The summed E-state index contributed by atoms with van der Waals surface area (Å²) in [4.78, 5) is 38.8. The zero-order valence-corrected chi connectivity index (χ0v) is 21.0. The highest BCUT2D eigenvalue weighted by atomic mass is 16.5. The van der Waals surface area contributed by atoms with Crippen molar-refractivity contribution >= 4 is 18.0 Å². The van der Waals surface area contributed by atoms with Gasteiger partial charge in [0, 0.05) is 24.9 Å². The Morgan fingerprint density at radius 2 is 1.57 bits per heavy atom. The van der Waals surface area contributed by atoms with Gasteiger partial charge in [-0.05, 0) is 48.4 Å². The zero-order valence-electron chi connectivity index (χ0n) is 21.0. The van der Waals surface area contributed by atoms with E-state index < -0.39 is 18.1 Å². The first-order valence-corrected chi connectivity index (χ1v) is 12.4. The summed E-state index contributed by atoms with van der Waals surface area (Å²) in [5.41, 5.74) is 4.55. The van der Waals surface area contributed by atoms with E-state index in [0.29, 0.717) is 19.4 Å². The molecule has 2 aromatic rings. The summed E-state index contributed by atoms with van der Waals surface area (Å²) in [5.74, 6) is -1.28. The molecule has 0 unspecified atom stereocenters. The van der Waals surface area contributed by atoms with Gasteiger partial charge in [0.15, 0.2) is 0 Å². The second-order valence-electron chi connectivity index (χ2n) is 9.46. The highest BCUT2D eigenvalue weighted by Crippen LogP contribution is 2.44. The summed E-state index contributed by atoms with van der Waals surface area (Å²) < 4.78 is 5.67. The third-order valence-corrected chi connectivity index (χ3v) is 6.79. The first kappa shape index (κ1) is 26.3. The van der Waals surface area contributed by atoms with E-state index in [1.807, 2.05) is 52.0 Å². The maximum Gasteiger partial charge on any atom is 0.407 e. The Kier molecular flexibility index (Phi) is 8.90. The van der Waals surface area contributed by atoms with E-state index in [9.17, 15) is 14.4 Å². The quantitative estimate of drug-likeness (QED) is 0.470. The van der Waals surface area contributed by atoms with Crippen molar-refractivity contribution in [3.05, 3.63) is 59.7 Å². The van der Waals surface area contributed by atoms with Gasteiger partial charge in [-0.2, -0.15) is 0 Å². The van der Waals surface area contributed by atoms with Crippen LogP contribution in [0.1, 0.15) is 64.0 Å². The molecular formula is C28H36N2O5. The Labute approximate surface area is 207 Å². The van der Waals surface area contributed by atoms with E-state index >= 15 is 0 Å². The summed E-state index contributed by atoms with van der Waals surface area (Å²) in [7, 11) is 0. The van der Waals surface area contributed by atoms with E-state index in [1.54, 1.807) is 4.90 Å². The van der Waals surface area contributed by atoms with Crippen LogP contribution in [0, 0.1) is 5.92 Å². The number of carbonyl (C=O) groups excluding carboxylic acids is 2. The predicted molar refractivity (Wildman–Crippen MR) is 135 cm³/mol. The van der Waals surface area contributed by atoms with Crippen molar-refractivity contribution in [1.82, 2.24) is 10.2 Å². The van der Waals surface area contributed by atoms with Gasteiger partial charge < -0.3 is 20.1 Å². The molecule has 0 heterocycles. The monoisotopic (exact) mass is 480 g/mol. The van der Waals surface area contributed by atoms with E-state index in [2.05, 4.69) is 29.6 Å². The van der Waals surface area contributed by atoms with Gasteiger partial charge in [0.05, 0.1) is 0 Å².